The van der Waals surface area contributed by atoms with Crippen LogP contribution < -0.4 is 16.0 Å². The van der Waals surface area contributed by atoms with Crippen molar-refractivity contribution >= 4 is 23.3 Å². The van der Waals surface area contributed by atoms with E-state index in [0.717, 1.165) is 9.88 Å². The van der Waals surface area contributed by atoms with Gasteiger partial charge in [-0.15, -0.1) is 11.3 Å². The Bertz CT molecular complexity index is 419. The fourth-order valence-electron chi connectivity index (χ4n) is 1.26. The Hall–Kier alpha value is -1.47. The van der Waals surface area contributed by atoms with Gasteiger partial charge in [0.15, 0.2) is 0 Å². The van der Waals surface area contributed by atoms with Crippen molar-refractivity contribution in [3.8, 4) is 0 Å². The quantitative estimate of drug-likeness (QED) is 0.738. The number of carbonyl (C=O) groups excluding carboxylic acids is 2. The molecule has 1 atom stereocenters. The van der Waals surface area contributed by atoms with Gasteiger partial charge in [-0.25, -0.2) is 9.78 Å². The molecule has 3 amide bonds. The van der Waals surface area contributed by atoms with Crippen LogP contribution in [-0.2, 0) is 11.3 Å². The Kier molecular flexibility index (Phi) is 5.73. The van der Waals surface area contributed by atoms with E-state index in [2.05, 4.69) is 20.9 Å². The minimum absolute atomic E-state index is 0.345. The highest BCUT2D eigenvalue weighted by Crippen LogP contribution is 2.10. The van der Waals surface area contributed by atoms with E-state index in [1.165, 1.54) is 0 Å². The van der Waals surface area contributed by atoms with Gasteiger partial charge in [-0.1, -0.05) is 0 Å². The van der Waals surface area contributed by atoms with Crippen molar-refractivity contribution in [2.24, 2.45) is 0 Å². The molecule has 1 rings (SSSR count). The first kappa shape index (κ1) is 14.6. The number of thiazole rings is 1. The monoisotopic (exact) mass is 270 g/mol. The fourth-order valence-corrected chi connectivity index (χ4v) is 2.00. The number of rotatable bonds is 5. The van der Waals surface area contributed by atoms with Gasteiger partial charge in [0.2, 0.25) is 5.91 Å². The summed E-state index contributed by atoms with van der Waals surface area (Å²) in [6, 6.07) is -0.903. The normalized spacial score (nSPS) is 11.9. The van der Waals surface area contributed by atoms with Crippen molar-refractivity contribution < 1.29 is 9.59 Å². The van der Waals surface area contributed by atoms with Gasteiger partial charge in [-0.2, -0.15) is 0 Å². The Morgan fingerprint density at radius 1 is 1.50 bits per heavy atom. The van der Waals surface area contributed by atoms with Gasteiger partial charge >= 0.3 is 6.03 Å². The van der Waals surface area contributed by atoms with E-state index in [4.69, 9.17) is 0 Å². The summed E-state index contributed by atoms with van der Waals surface area (Å²) >= 11 is 1.58. The second-order valence-electron chi connectivity index (χ2n) is 3.80. The number of nitrogens with zero attached hydrogens (tertiary/aromatic N) is 1. The van der Waals surface area contributed by atoms with E-state index in [1.54, 1.807) is 31.4 Å². The predicted octanol–water partition coefficient (Wildman–Crippen LogP) is 0.775. The maximum absolute atomic E-state index is 11.6. The molecule has 0 aliphatic heterocycles. The number of carbonyl (C=O) groups is 2. The van der Waals surface area contributed by atoms with Crippen LogP contribution in [0.1, 0.15) is 23.7 Å². The molecule has 0 spiro atoms. The molecule has 3 N–H and O–H groups in total. The lowest BCUT2D eigenvalue weighted by molar-refractivity contribution is -0.121. The molecule has 0 saturated carbocycles. The zero-order valence-corrected chi connectivity index (χ0v) is 11.6. The van der Waals surface area contributed by atoms with Crippen LogP contribution in [0.3, 0.4) is 0 Å². The fraction of sp³-hybridized carbons (Fsp3) is 0.545. The topological polar surface area (TPSA) is 83.1 Å². The first-order chi connectivity index (χ1) is 8.52. The molecule has 0 aliphatic carbocycles. The van der Waals surface area contributed by atoms with E-state index in [-0.39, 0.29) is 5.91 Å². The van der Waals surface area contributed by atoms with E-state index in [1.807, 2.05) is 6.92 Å². The Labute approximate surface area is 110 Å². The van der Waals surface area contributed by atoms with Gasteiger partial charge in [0.25, 0.3) is 0 Å². The molecule has 1 aromatic rings. The number of hydrogen-bond acceptors (Lipinski definition) is 5. The number of urea groups is 1. The average Bonchev–Trinajstić information content (AvgIpc) is 2.72. The van der Waals surface area contributed by atoms with Crippen LogP contribution >= 0.6 is 11.3 Å². The molecule has 18 heavy (non-hydrogen) atoms. The standard InChI is InChI=1S/C11H18N4O2S/c1-4-12-11(17)15-10(16)7(2)13-5-9-6-14-8(3)18-9/h6-7,13H,4-5H2,1-3H3,(H2,12,15,16,17). The van der Waals surface area contributed by atoms with Gasteiger partial charge in [0, 0.05) is 24.2 Å². The van der Waals surface area contributed by atoms with Crippen molar-refractivity contribution in [2.45, 2.75) is 33.4 Å². The maximum Gasteiger partial charge on any atom is 0.321 e. The summed E-state index contributed by atoms with van der Waals surface area (Å²) in [7, 11) is 0. The highest BCUT2D eigenvalue weighted by molar-refractivity contribution is 7.11. The lowest BCUT2D eigenvalue weighted by Crippen LogP contribution is -2.47. The molecule has 0 bridgehead atoms. The molecular formula is C11H18N4O2S. The largest absolute Gasteiger partial charge is 0.338 e. The highest BCUT2D eigenvalue weighted by atomic mass is 32.1. The molecule has 7 heteroatoms. The molecule has 0 saturated heterocycles. The summed E-state index contributed by atoms with van der Waals surface area (Å²) in [6.07, 6.45) is 1.78. The van der Waals surface area contributed by atoms with Crippen LogP contribution in [0.4, 0.5) is 4.79 Å². The van der Waals surface area contributed by atoms with Gasteiger partial charge in [0.05, 0.1) is 11.0 Å². The highest BCUT2D eigenvalue weighted by Gasteiger charge is 2.14. The van der Waals surface area contributed by atoms with Crippen molar-refractivity contribution in [2.75, 3.05) is 6.54 Å². The summed E-state index contributed by atoms with van der Waals surface area (Å²) < 4.78 is 0. The first-order valence-corrected chi connectivity index (χ1v) is 6.58. The van der Waals surface area contributed by atoms with Crippen molar-refractivity contribution in [3.63, 3.8) is 0 Å². The Balaban J connectivity index is 2.33. The predicted molar refractivity (Wildman–Crippen MR) is 70.4 cm³/mol. The SMILES string of the molecule is CCNC(=O)NC(=O)C(C)NCc1cnc(C)s1. The second-order valence-corrected chi connectivity index (χ2v) is 5.12. The first-order valence-electron chi connectivity index (χ1n) is 5.76. The van der Waals surface area contributed by atoms with Crippen LogP contribution in [0.2, 0.25) is 0 Å². The number of amides is 3. The molecule has 0 fully saturated rings. The zero-order chi connectivity index (χ0) is 13.5. The summed E-state index contributed by atoms with van der Waals surface area (Å²) in [5.74, 6) is -0.345. The maximum atomic E-state index is 11.6. The molecule has 1 heterocycles. The van der Waals surface area contributed by atoms with Crippen molar-refractivity contribution in [1.29, 1.82) is 0 Å². The number of imide groups is 1. The van der Waals surface area contributed by atoms with Gasteiger partial charge in [-0.3, -0.25) is 10.1 Å². The molecule has 0 aromatic carbocycles. The number of aromatic nitrogens is 1. The lowest BCUT2D eigenvalue weighted by Gasteiger charge is -2.12. The van der Waals surface area contributed by atoms with Gasteiger partial charge in [0.1, 0.15) is 0 Å². The summed E-state index contributed by atoms with van der Waals surface area (Å²) in [4.78, 5) is 28.0. The van der Waals surface area contributed by atoms with Crippen LogP contribution in [0.5, 0.6) is 0 Å². The summed E-state index contributed by atoms with van der Waals surface area (Å²) in [5.41, 5.74) is 0. The smallest absolute Gasteiger partial charge is 0.321 e. The molecule has 1 unspecified atom stereocenters. The molecule has 0 radical (unpaired) electrons. The Morgan fingerprint density at radius 2 is 2.22 bits per heavy atom. The molecule has 100 valence electrons. The third-order valence-electron chi connectivity index (χ3n) is 2.22. The minimum atomic E-state index is -0.468. The summed E-state index contributed by atoms with van der Waals surface area (Å²) in [5, 5.41) is 8.79. The van der Waals surface area contributed by atoms with Crippen LogP contribution in [0.15, 0.2) is 6.20 Å². The van der Waals surface area contributed by atoms with Crippen LogP contribution in [0, 0.1) is 6.92 Å². The average molecular weight is 270 g/mol. The van der Waals surface area contributed by atoms with E-state index >= 15 is 0 Å². The van der Waals surface area contributed by atoms with E-state index in [9.17, 15) is 9.59 Å². The van der Waals surface area contributed by atoms with Crippen LogP contribution in [-0.4, -0.2) is 29.5 Å². The molecule has 1 aromatic heterocycles. The third kappa shape index (κ3) is 4.80. The molecular weight excluding hydrogens is 252 g/mol. The zero-order valence-electron chi connectivity index (χ0n) is 10.7. The molecule has 6 nitrogen and oxygen atoms in total. The van der Waals surface area contributed by atoms with Gasteiger partial charge in [-0.05, 0) is 20.8 Å². The third-order valence-corrected chi connectivity index (χ3v) is 3.13. The second kappa shape index (κ2) is 7.07. The van der Waals surface area contributed by atoms with Gasteiger partial charge < -0.3 is 10.6 Å². The summed E-state index contributed by atoms with van der Waals surface area (Å²) in [6.45, 7) is 6.48. The number of aryl methyl sites for hydroxylation is 1. The van der Waals surface area contributed by atoms with Crippen molar-refractivity contribution in [1.82, 2.24) is 20.9 Å². The lowest BCUT2D eigenvalue weighted by atomic mass is 10.3. The van der Waals surface area contributed by atoms with E-state index < -0.39 is 12.1 Å². The van der Waals surface area contributed by atoms with Crippen molar-refractivity contribution in [3.05, 3.63) is 16.1 Å². The Morgan fingerprint density at radius 3 is 2.78 bits per heavy atom. The minimum Gasteiger partial charge on any atom is -0.338 e. The number of hydrogen-bond donors (Lipinski definition) is 3. The van der Waals surface area contributed by atoms with Crippen LogP contribution in [0.25, 0.3) is 0 Å². The molecule has 0 aliphatic rings. The number of nitrogens with one attached hydrogen (secondary N) is 3. The van der Waals surface area contributed by atoms with E-state index in [0.29, 0.717) is 13.1 Å².